The first kappa shape index (κ1) is 15.0. The number of para-hydroxylation sites is 1. The van der Waals surface area contributed by atoms with Gasteiger partial charge < -0.3 is 4.90 Å². The van der Waals surface area contributed by atoms with Crippen LogP contribution in [0.3, 0.4) is 0 Å². The van der Waals surface area contributed by atoms with Crippen LogP contribution in [0.1, 0.15) is 18.9 Å². The Kier molecular flexibility index (Phi) is 4.10. The van der Waals surface area contributed by atoms with E-state index in [0.717, 1.165) is 12.1 Å². The Bertz CT molecular complexity index is 733. The first-order valence-corrected chi connectivity index (χ1v) is 8.24. The number of hydrogen-bond acceptors (Lipinski definition) is 4. The number of nitriles is 1. The average molecular weight is 309 g/mol. The van der Waals surface area contributed by atoms with Crippen LogP contribution in [0.15, 0.2) is 52.3 Å². The van der Waals surface area contributed by atoms with Crippen LogP contribution in [-0.2, 0) is 0 Å². The Balaban J connectivity index is 2.20. The summed E-state index contributed by atoms with van der Waals surface area (Å²) in [5.74, 6) is 0. The van der Waals surface area contributed by atoms with E-state index in [2.05, 4.69) is 67.2 Å². The zero-order valence-electron chi connectivity index (χ0n) is 13.1. The number of fused-ring (bicyclic) bond motifs is 2. The molecule has 0 fully saturated rings. The van der Waals surface area contributed by atoms with E-state index in [4.69, 9.17) is 0 Å². The largest absolute Gasteiger partial charge is 0.323 e. The zero-order chi connectivity index (χ0) is 15.7. The van der Waals surface area contributed by atoms with Crippen molar-refractivity contribution in [3.05, 3.63) is 48.0 Å². The number of nitrogens with zero attached hydrogens (tertiary/aromatic N) is 3. The van der Waals surface area contributed by atoms with Gasteiger partial charge in [-0.3, -0.25) is 4.90 Å². The molecule has 0 amide bonds. The molecule has 112 valence electrons. The van der Waals surface area contributed by atoms with Crippen molar-refractivity contribution in [1.29, 1.82) is 5.26 Å². The summed E-state index contributed by atoms with van der Waals surface area (Å²) < 4.78 is 0. The van der Waals surface area contributed by atoms with Crippen molar-refractivity contribution in [2.75, 3.05) is 19.0 Å². The Morgan fingerprint density at radius 3 is 2.55 bits per heavy atom. The number of anilines is 2. The van der Waals surface area contributed by atoms with E-state index in [1.54, 1.807) is 11.8 Å². The maximum Gasteiger partial charge on any atom is 0.0992 e. The summed E-state index contributed by atoms with van der Waals surface area (Å²) in [6.07, 6.45) is 1.26. The van der Waals surface area contributed by atoms with E-state index in [0.29, 0.717) is 5.56 Å². The second-order valence-electron chi connectivity index (χ2n) is 5.59. The summed E-state index contributed by atoms with van der Waals surface area (Å²) in [7, 11) is 4.21. The van der Waals surface area contributed by atoms with Gasteiger partial charge in [-0.1, -0.05) is 30.8 Å². The molecule has 3 nitrogen and oxygen atoms in total. The molecular formula is C18H19N3S. The monoisotopic (exact) mass is 309 g/mol. The molecule has 1 aliphatic heterocycles. The van der Waals surface area contributed by atoms with Crippen molar-refractivity contribution in [2.45, 2.75) is 29.3 Å². The number of benzene rings is 2. The molecular weight excluding hydrogens is 290 g/mol. The van der Waals surface area contributed by atoms with Gasteiger partial charge in [0.15, 0.2) is 0 Å². The highest BCUT2D eigenvalue weighted by molar-refractivity contribution is 7.99. The van der Waals surface area contributed by atoms with Crippen LogP contribution in [-0.4, -0.2) is 25.2 Å². The van der Waals surface area contributed by atoms with Crippen LogP contribution in [0.2, 0.25) is 0 Å². The predicted octanol–water partition coefficient (Wildman–Crippen LogP) is 4.46. The van der Waals surface area contributed by atoms with Gasteiger partial charge in [-0.05, 0) is 50.8 Å². The van der Waals surface area contributed by atoms with Gasteiger partial charge in [-0.15, -0.1) is 0 Å². The van der Waals surface area contributed by atoms with E-state index in [1.165, 1.54) is 15.5 Å². The number of rotatable bonds is 3. The molecule has 0 aromatic heterocycles. The van der Waals surface area contributed by atoms with Crippen LogP contribution in [0.5, 0.6) is 0 Å². The second-order valence-corrected chi connectivity index (χ2v) is 6.67. The summed E-state index contributed by atoms with van der Waals surface area (Å²) in [5.41, 5.74) is 3.05. The SMILES string of the molecule is CCC(N(C)C)N1c2ccccc2Sc2ccc(C#N)cc21. The molecule has 1 atom stereocenters. The molecule has 0 radical (unpaired) electrons. The maximum atomic E-state index is 9.24. The smallest absolute Gasteiger partial charge is 0.0992 e. The molecule has 0 saturated carbocycles. The molecule has 0 aliphatic carbocycles. The molecule has 4 heteroatoms. The van der Waals surface area contributed by atoms with E-state index in [9.17, 15) is 5.26 Å². The minimum atomic E-state index is 0.259. The van der Waals surface area contributed by atoms with E-state index in [1.807, 2.05) is 12.1 Å². The normalized spacial score (nSPS) is 14.2. The molecule has 1 heterocycles. The standard InChI is InChI=1S/C18H19N3S/c1-4-18(20(2)3)21-14-7-5-6-8-16(14)22-17-10-9-13(12-19)11-15(17)21/h5-11,18H,4H2,1-3H3. The van der Waals surface area contributed by atoms with Crippen LogP contribution in [0.4, 0.5) is 11.4 Å². The lowest BCUT2D eigenvalue weighted by Gasteiger charge is -2.41. The van der Waals surface area contributed by atoms with Crippen molar-refractivity contribution in [3.63, 3.8) is 0 Å². The summed E-state index contributed by atoms with van der Waals surface area (Å²) in [6.45, 7) is 2.20. The first-order chi connectivity index (χ1) is 10.7. The van der Waals surface area contributed by atoms with E-state index in [-0.39, 0.29) is 6.17 Å². The first-order valence-electron chi connectivity index (χ1n) is 7.42. The second kappa shape index (κ2) is 6.04. The topological polar surface area (TPSA) is 30.3 Å². The molecule has 3 rings (SSSR count). The molecule has 2 aromatic carbocycles. The lowest BCUT2D eigenvalue weighted by atomic mass is 10.1. The predicted molar refractivity (Wildman–Crippen MR) is 91.6 cm³/mol. The van der Waals surface area contributed by atoms with Crippen molar-refractivity contribution in [1.82, 2.24) is 4.90 Å². The Morgan fingerprint density at radius 2 is 1.86 bits per heavy atom. The van der Waals surface area contributed by atoms with Gasteiger partial charge in [-0.25, -0.2) is 0 Å². The van der Waals surface area contributed by atoms with E-state index < -0.39 is 0 Å². The van der Waals surface area contributed by atoms with Gasteiger partial charge in [0.2, 0.25) is 0 Å². The van der Waals surface area contributed by atoms with Gasteiger partial charge >= 0.3 is 0 Å². The molecule has 22 heavy (non-hydrogen) atoms. The molecule has 1 unspecified atom stereocenters. The lowest BCUT2D eigenvalue weighted by molar-refractivity contribution is 0.289. The summed E-state index contributed by atoms with van der Waals surface area (Å²) in [5, 5.41) is 9.24. The van der Waals surface area contributed by atoms with E-state index >= 15 is 0 Å². The Hall–Kier alpha value is -1.96. The average Bonchev–Trinajstić information content (AvgIpc) is 2.54. The van der Waals surface area contributed by atoms with Crippen LogP contribution >= 0.6 is 11.8 Å². The van der Waals surface area contributed by atoms with Crippen molar-refractivity contribution >= 4 is 23.1 Å². The fourth-order valence-corrected chi connectivity index (χ4v) is 4.00. The highest BCUT2D eigenvalue weighted by atomic mass is 32.2. The van der Waals surface area contributed by atoms with Gasteiger partial charge in [0.1, 0.15) is 0 Å². The third-order valence-electron chi connectivity index (χ3n) is 3.95. The van der Waals surface area contributed by atoms with Gasteiger partial charge in [-0.2, -0.15) is 5.26 Å². The van der Waals surface area contributed by atoms with Gasteiger partial charge in [0.05, 0.1) is 29.2 Å². The van der Waals surface area contributed by atoms with Crippen molar-refractivity contribution < 1.29 is 0 Å². The summed E-state index contributed by atoms with van der Waals surface area (Å²) in [6, 6.07) is 16.7. The van der Waals surface area contributed by atoms with Crippen LogP contribution in [0, 0.1) is 11.3 Å². The van der Waals surface area contributed by atoms with Gasteiger partial charge in [0.25, 0.3) is 0 Å². The third kappa shape index (κ3) is 2.47. The molecule has 0 N–H and O–H groups in total. The fourth-order valence-electron chi connectivity index (χ4n) is 2.95. The van der Waals surface area contributed by atoms with Crippen molar-refractivity contribution in [2.24, 2.45) is 0 Å². The quantitative estimate of drug-likeness (QED) is 0.837. The highest BCUT2D eigenvalue weighted by Crippen LogP contribution is 2.49. The van der Waals surface area contributed by atoms with Crippen LogP contribution < -0.4 is 4.90 Å². The summed E-state index contributed by atoms with van der Waals surface area (Å²) >= 11 is 1.78. The Morgan fingerprint density at radius 1 is 1.14 bits per heavy atom. The minimum absolute atomic E-state index is 0.259. The zero-order valence-corrected chi connectivity index (χ0v) is 13.9. The lowest BCUT2D eigenvalue weighted by Crippen LogP contribution is -2.43. The third-order valence-corrected chi connectivity index (χ3v) is 5.08. The van der Waals surface area contributed by atoms with Gasteiger partial charge in [0, 0.05) is 9.79 Å². The molecule has 0 saturated heterocycles. The molecule has 2 aromatic rings. The molecule has 0 spiro atoms. The molecule has 0 bridgehead atoms. The highest BCUT2D eigenvalue weighted by Gasteiger charge is 2.29. The van der Waals surface area contributed by atoms with Crippen LogP contribution in [0.25, 0.3) is 0 Å². The summed E-state index contributed by atoms with van der Waals surface area (Å²) in [4.78, 5) is 7.07. The molecule has 1 aliphatic rings. The maximum absolute atomic E-state index is 9.24. The minimum Gasteiger partial charge on any atom is -0.323 e. The fraction of sp³-hybridized carbons (Fsp3) is 0.278. The Labute approximate surface area is 136 Å². The van der Waals surface area contributed by atoms with Crippen molar-refractivity contribution in [3.8, 4) is 6.07 Å². The number of hydrogen-bond donors (Lipinski definition) is 0.